The molecule has 3 heterocycles. The molecule has 0 bridgehead atoms. The lowest BCUT2D eigenvalue weighted by molar-refractivity contribution is 0.281. The highest BCUT2D eigenvalue weighted by atomic mass is 15.3. The molecule has 3 aliphatic heterocycles. The zero-order valence-electron chi connectivity index (χ0n) is 48.8. The summed E-state index contributed by atoms with van der Waals surface area (Å²) < 4.78 is 0. The fourth-order valence-electron chi connectivity index (χ4n) is 14.6. The van der Waals surface area contributed by atoms with E-state index in [2.05, 4.69) is 314 Å². The summed E-state index contributed by atoms with van der Waals surface area (Å²) in [6.07, 6.45) is 1.83. The molecular formula is C77H72BN3. The van der Waals surface area contributed by atoms with Crippen LogP contribution in [0.1, 0.15) is 108 Å². The predicted molar refractivity (Wildman–Crippen MR) is 345 cm³/mol. The Morgan fingerprint density at radius 3 is 1.56 bits per heavy atom. The van der Waals surface area contributed by atoms with Gasteiger partial charge in [0.2, 0.25) is 0 Å². The quantitative estimate of drug-likeness (QED) is 0.154. The molecule has 398 valence electrons. The van der Waals surface area contributed by atoms with Gasteiger partial charge in [-0.2, -0.15) is 0 Å². The standard InChI is InChI=1S/C77H72BN3/c1-73(2,3)56-35-38-60(39-36-56)79-69-48-61(81-67-33-23-22-32-63(67)77(57-30-18-13-19-31-57)50-55-29-21-20-28-54(55)49-76(77,81)10)40-42-65(69)78-64-41-34-53(51-24-14-11-15-25-51)44-68(64)80(71-47-59(75(7,8)9)46-70(79)72(71)78)66-43-37-58(74(4,5)6)45-62(66)52-26-16-12-17-27-52/h11-48H,49-50H2,1-10H3. The molecule has 3 nitrogen and oxygen atoms in total. The van der Waals surface area contributed by atoms with E-state index in [1.165, 1.54) is 117 Å². The average Bonchev–Trinajstić information content (AvgIpc) is 3.78. The van der Waals surface area contributed by atoms with Crippen LogP contribution >= 0.6 is 0 Å². The molecule has 0 saturated heterocycles. The Bertz CT molecular complexity index is 4090. The smallest absolute Gasteiger partial charge is 0.252 e. The highest BCUT2D eigenvalue weighted by Crippen LogP contribution is 2.63. The first kappa shape index (κ1) is 50.9. The molecule has 4 heteroatoms. The maximum atomic E-state index is 2.76. The Hall–Kier alpha value is -8.34. The molecule has 0 N–H and O–H groups in total. The number of rotatable bonds is 6. The molecule has 81 heavy (non-hydrogen) atoms. The lowest BCUT2D eigenvalue weighted by Crippen LogP contribution is -2.62. The largest absolute Gasteiger partial charge is 0.334 e. The Morgan fingerprint density at radius 2 is 0.901 bits per heavy atom. The van der Waals surface area contributed by atoms with Crippen LogP contribution < -0.4 is 31.1 Å². The van der Waals surface area contributed by atoms with Crippen molar-refractivity contribution in [1.29, 1.82) is 0 Å². The van der Waals surface area contributed by atoms with Crippen LogP contribution in [0, 0.1) is 0 Å². The molecule has 2 unspecified atom stereocenters. The zero-order valence-corrected chi connectivity index (χ0v) is 48.8. The SMILES string of the molecule is CC(C)(C)c1ccc(N2c3cc(N4c5ccccc5C5(c6ccccc6)Cc6ccccc6CC45C)ccc3B3c4ccc(-c5ccccc5)cc4N(c4ccc(C(C)(C)C)cc4-c4ccccc4)c4cc(C(C)(C)C)cc2c43)cc1. The van der Waals surface area contributed by atoms with Crippen LogP contribution in [0.3, 0.4) is 0 Å². The van der Waals surface area contributed by atoms with E-state index < -0.39 is 0 Å². The van der Waals surface area contributed by atoms with Gasteiger partial charge in [0.25, 0.3) is 6.71 Å². The molecule has 0 aromatic heterocycles. The molecule has 14 rings (SSSR count). The maximum Gasteiger partial charge on any atom is 0.252 e. The number of para-hydroxylation sites is 1. The minimum atomic E-state index is -0.357. The van der Waals surface area contributed by atoms with Crippen molar-refractivity contribution in [3.8, 4) is 22.3 Å². The third kappa shape index (κ3) is 7.91. The lowest BCUT2D eigenvalue weighted by Gasteiger charge is -2.53. The van der Waals surface area contributed by atoms with Gasteiger partial charge in [0.1, 0.15) is 0 Å². The summed E-state index contributed by atoms with van der Waals surface area (Å²) in [7, 11) is 0. The van der Waals surface area contributed by atoms with Crippen molar-refractivity contribution in [3.05, 3.63) is 269 Å². The van der Waals surface area contributed by atoms with Gasteiger partial charge in [0, 0.05) is 50.8 Å². The van der Waals surface area contributed by atoms with Gasteiger partial charge >= 0.3 is 0 Å². The minimum Gasteiger partial charge on any atom is -0.334 e. The van der Waals surface area contributed by atoms with Gasteiger partial charge in [-0.05, 0) is 169 Å². The van der Waals surface area contributed by atoms with E-state index in [9.17, 15) is 0 Å². The fourth-order valence-corrected chi connectivity index (χ4v) is 14.6. The molecule has 10 aromatic carbocycles. The van der Waals surface area contributed by atoms with E-state index in [1.807, 2.05) is 0 Å². The Kier molecular flexibility index (Phi) is 11.5. The van der Waals surface area contributed by atoms with Crippen LogP contribution in [-0.2, 0) is 34.5 Å². The molecule has 0 spiro atoms. The summed E-state index contributed by atoms with van der Waals surface area (Å²) in [6, 6.07) is 88.7. The van der Waals surface area contributed by atoms with Gasteiger partial charge in [0.05, 0.1) is 11.2 Å². The monoisotopic (exact) mass is 1050 g/mol. The second-order valence-corrected chi connectivity index (χ2v) is 26.8. The Labute approximate surface area is 481 Å². The van der Waals surface area contributed by atoms with E-state index in [1.54, 1.807) is 0 Å². The zero-order chi connectivity index (χ0) is 55.8. The number of fused-ring (bicyclic) bond motifs is 8. The van der Waals surface area contributed by atoms with Crippen molar-refractivity contribution in [1.82, 2.24) is 0 Å². The van der Waals surface area contributed by atoms with Crippen molar-refractivity contribution in [2.75, 3.05) is 14.7 Å². The number of nitrogens with zero attached hydrogens (tertiary/aromatic N) is 3. The van der Waals surface area contributed by atoms with Crippen LogP contribution in [0.5, 0.6) is 0 Å². The van der Waals surface area contributed by atoms with Gasteiger partial charge in [-0.15, -0.1) is 0 Å². The molecule has 4 aliphatic rings. The number of hydrogen-bond donors (Lipinski definition) is 0. The predicted octanol–water partition coefficient (Wildman–Crippen LogP) is 18.0. The lowest BCUT2D eigenvalue weighted by atomic mass is 9.33. The summed E-state index contributed by atoms with van der Waals surface area (Å²) in [5, 5.41) is 0. The topological polar surface area (TPSA) is 9.72 Å². The highest BCUT2D eigenvalue weighted by molar-refractivity contribution is 7.00. The van der Waals surface area contributed by atoms with Crippen LogP contribution in [0.15, 0.2) is 231 Å². The van der Waals surface area contributed by atoms with Crippen molar-refractivity contribution >= 4 is 68.6 Å². The first-order valence-electron chi connectivity index (χ1n) is 29.4. The molecular weight excluding hydrogens is 978 g/mol. The number of hydrogen-bond acceptors (Lipinski definition) is 3. The van der Waals surface area contributed by atoms with Gasteiger partial charge in [0.15, 0.2) is 0 Å². The van der Waals surface area contributed by atoms with Crippen molar-refractivity contribution in [2.24, 2.45) is 0 Å². The third-order valence-electron chi connectivity index (χ3n) is 18.9. The summed E-state index contributed by atoms with van der Waals surface area (Å²) in [5.41, 5.74) is 27.1. The van der Waals surface area contributed by atoms with Gasteiger partial charge in [-0.25, -0.2) is 0 Å². The van der Waals surface area contributed by atoms with Gasteiger partial charge in [-0.3, -0.25) is 0 Å². The second-order valence-electron chi connectivity index (χ2n) is 26.8. The summed E-state index contributed by atoms with van der Waals surface area (Å²) in [5.74, 6) is 0. The van der Waals surface area contributed by atoms with Crippen LogP contribution in [-0.4, -0.2) is 12.3 Å². The fraction of sp³-hybridized carbons (Fsp3) is 0.221. The van der Waals surface area contributed by atoms with Crippen molar-refractivity contribution in [2.45, 2.75) is 109 Å². The molecule has 0 radical (unpaired) electrons. The Morgan fingerprint density at radius 1 is 0.370 bits per heavy atom. The van der Waals surface area contributed by atoms with E-state index >= 15 is 0 Å². The maximum absolute atomic E-state index is 2.76. The molecule has 0 amide bonds. The van der Waals surface area contributed by atoms with Crippen LogP contribution in [0.25, 0.3) is 22.3 Å². The van der Waals surface area contributed by atoms with Crippen LogP contribution in [0.2, 0.25) is 0 Å². The molecule has 0 fully saturated rings. The first-order chi connectivity index (χ1) is 38.9. The minimum absolute atomic E-state index is 0.00775. The van der Waals surface area contributed by atoms with Gasteiger partial charge in [-0.1, -0.05) is 232 Å². The summed E-state index contributed by atoms with van der Waals surface area (Å²) >= 11 is 0. The normalized spacial score (nSPS) is 17.9. The summed E-state index contributed by atoms with van der Waals surface area (Å²) in [4.78, 5) is 8.05. The van der Waals surface area contributed by atoms with Crippen LogP contribution in [0.4, 0.5) is 45.5 Å². The first-order valence-corrected chi connectivity index (χ1v) is 29.4. The molecule has 2 atom stereocenters. The summed E-state index contributed by atoms with van der Waals surface area (Å²) in [6.45, 7) is 23.6. The Balaban J connectivity index is 1.07. The number of anilines is 8. The second kappa shape index (κ2) is 18.3. The molecule has 0 saturated carbocycles. The molecule has 10 aromatic rings. The van der Waals surface area contributed by atoms with Crippen molar-refractivity contribution in [3.63, 3.8) is 0 Å². The van der Waals surface area contributed by atoms with E-state index in [0.717, 1.165) is 18.5 Å². The average molecular weight is 1050 g/mol. The van der Waals surface area contributed by atoms with E-state index in [0.29, 0.717) is 0 Å². The number of benzene rings is 10. The van der Waals surface area contributed by atoms with E-state index in [-0.39, 0.29) is 33.9 Å². The van der Waals surface area contributed by atoms with Crippen molar-refractivity contribution < 1.29 is 0 Å². The molecule has 1 aliphatic carbocycles. The van der Waals surface area contributed by atoms with Gasteiger partial charge < -0.3 is 14.7 Å². The highest BCUT2D eigenvalue weighted by Gasteiger charge is 2.62. The van der Waals surface area contributed by atoms with E-state index in [4.69, 9.17) is 0 Å². The third-order valence-corrected chi connectivity index (χ3v) is 18.9.